The monoisotopic (exact) mass is 541 g/mol. The van der Waals surface area contributed by atoms with Gasteiger partial charge < -0.3 is 21.4 Å². The molecule has 0 aliphatic rings. The molecule has 2 atom stereocenters. The first-order valence-electron chi connectivity index (χ1n) is 12.9. The molecule has 2 heterocycles. The van der Waals surface area contributed by atoms with Gasteiger partial charge in [-0.15, -0.1) is 6.58 Å². The van der Waals surface area contributed by atoms with E-state index in [0.717, 1.165) is 0 Å². The first-order chi connectivity index (χ1) is 18.9. The maximum absolute atomic E-state index is 13.9. The number of pyridine rings is 2. The molecule has 3 aromatic rings. The molecule has 0 aliphatic carbocycles. The van der Waals surface area contributed by atoms with Crippen molar-refractivity contribution in [1.29, 1.82) is 10.5 Å². The quantitative estimate of drug-likeness (QED) is 0.115. The number of nitrogens with zero attached hydrogens (tertiary/aromatic N) is 5. The summed E-state index contributed by atoms with van der Waals surface area (Å²) in [5.74, 6) is 5.51. The molecule has 2 aromatic heterocycles. The number of nitrogens with one attached hydrogen (secondary N) is 2. The van der Waals surface area contributed by atoms with Gasteiger partial charge in [-0.25, -0.2) is 10.8 Å². The van der Waals surface area contributed by atoms with Crippen LogP contribution in [0.2, 0.25) is 0 Å². The van der Waals surface area contributed by atoms with Gasteiger partial charge in [0.15, 0.2) is 0 Å². The standard InChI is InChI=1S/C30H36FN9/c1-7-8-11-40(35)17-25(34)29(23-9-10-26(31)37-18(23)2)39-22-12-20(14-32)27-24(13-22)28(21(15-33)16-36-27)38-19(3)30(4,5)6/h7,9-10,12-13,16-17,19,29,39H,1,8,11,34-35H2,2-6H3,(H,36,38)/b25-17-/t19-,29+/m1/s1. The van der Waals surface area contributed by atoms with Crippen LogP contribution in [0.5, 0.6) is 0 Å². The Kier molecular flexibility index (Phi) is 9.31. The molecule has 0 radical (unpaired) electrons. The fourth-order valence-electron chi connectivity index (χ4n) is 4.07. The predicted octanol–water partition coefficient (Wildman–Crippen LogP) is 5.37. The number of hydrogen-bond donors (Lipinski definition) is 4. The normalized spacial score (nSPS) is 13.2. The van der Waals surface area contributed by atoms with Gasteiger partial charge in [0.25, 0.3) is 0 Å². The Hall–Kier alpha value is -4.67. The number of aryl methyl sites for hydroxylation is 1. The van der Waals surface area contributed by atoms with Crippen LogP contribution in [0.1, 0.15) is 62.5 Å². The average molecular weight is 542 g/mol. The van der Waals surface area contributed by atoms with E-state index in [1.165, 1.54) is 17.3 Å². The molecule has 0 bridgehead atoms. The summed E-state index contributed by atoms with van der Waals surface area (Å²) >= 11 is 0. The third-order valence-corrected chi connectivity index (χ3v) is 6.83. The molecule has 6 N–H and O–H groups in total. The predicted molar refractivity (Wildman–Crippen MR) is 157 cm³/mol. The molecule has 0 saturated heterocycles. The number of halogens is 1. The zero-order valence-electron chi connectivity index (χ0n) is 23.6. The van der Waals surface area contributed by atoms with Crippen LogP contribution in [0.4, 0.5) is 15.8 Å². The Balaban J connectivity index is 2.20. The summed E-state index contributed by atoms with van der Waals surface area (Å²) in [7, 11) is 0. The number of hydrogen-bond acceptors (Lipinski definition) is 9. The first-order valence-corrected chi connectivity index (χ1v) is 12.9. The summed E-state index contributed by atoms with van der Waals surface area (Å²) < 4.78 is 13.9. The van der Waals surface area contributed by atoms with Gasteiger partial charge in [0.1, 0.15) is 12.1 Å². The van der Waals surface area contributed by atoms with Crippen molar-refractivity contribution in [3.8, 4) is 12.1 Å². The van der Waals surface area contributed by atoms with Gasteiger partial charge in [-0.3, -0.25) is 4.98 Å². The van der Waals surface area contributed by atoms with Crippen LogP contribution >= 0.6 is 0 Å². The molecular weight excluding hydrogens is 505 g/mol. The third-order valence-electron chi connectivity index (χ3n) is 6.83. The van der Waals surface area contributed by atoms with Crippen LogP contribution in [0.25, 0.3) is 10.9 Å². The highest BCUT2D eigenvalue weighted by Gasteiger charge is 2.24. The van der Waals surface area contributed by atoms with Crippen LogP contribution in [-0.4, -0.2) is 27.6 Å². The van der Waals surface area contributed by atoms with Gasteiger partial charge in [0, 0.05) is 47.3 Å². The molecule has 10 heteroatoms. The Labute approximate surface area is 235 Å². The summed E-state index contributed by atoms with van der Waals surface area (Å²) in [4.78, 5) is 8.39. The van der Waals surface area contributed by atoms with Crippen molar-refractivity contribution >= 4 is 22.3 Å². The topological polar surface area (TPSA) is 153 Å². The Morgan fingerprint density at radius 3 is 2.50 bits per heavy atom. The second kappa shape index (κ2) is 12.5. The molecule has 40 heavy (non-hydrogen) atoms. The van der Waals surface area contributed by atoms with Crippen molar-refractivity contribution in [2.75, 3.05) is 17.2 Å². The van der Waals surface area contributed by atoms with E-state index >= 15 is 0 Å². The Morgan fingerprint density at radius 2 is 1.90 bits per heavy atom. The smallest absolute Gasteiger partial charge is 0.213 e. The summed E-state index contributed by atoms with van der Waals surface area (Å²) in [5.41, 5.74) is 10.2. The lowest BCUT2D eigenvalue weighted by molar-refractivity contribution is 0.359. The van der Waals surface area contributed by atoms with Crippen LogP contribution in [0.15, 0.2) is 55.0 Å². The van der Waals surface area contributed by atoms with Crippen molar-refractivity contribution in [2.45, 2.75) is 53.1 Å². The highest BCUT2D eigenvalue weighted by Crippen LogP contribution is 2.35. The highest BCUT2D eigenvalue weighted by atomic mass is 19.1. The number of hydrazine groups is 1. The van der Waals surface area contributed by atoms with Crippen molar-refractivity contribution in [3.05, 3.63) is 83.3 Å². The van der Waals surface area contributed by atoms with E-state index in [-0.39, 0.29) is 11.5 Å². The second-order valence-electron chi connectivity index (χ2n) is 10.8. The van der Waals surface area contributed by atoms with Crippen LogP contribution in [0, 0.1) is 40.9 Å². The number of nitrogens with two attached hydrogens (primary N) is 2. The molecule has 208 valence electrons. The zero-order valence-corrected chi connectivity index (χ0v) is 23.6. The second-order valence-corrected chi connectivity index (χ2v) is 10.8. The average Bonchev–Trinajstić information content (AvgIpc) is 2.90. The van der Waals surface area contributed by atoms with Gasteiger partial charge in [0.2, 0.25) is 5.95 Å². The van der Waals surface area contributed by atoms with E-state index in [0.29, 0.717) is 63.3 Å². The fraction of sp³-hybridized carbons (Fsp3) is 0.333. The van der Waals surface area contributed by atoms with E-state index in [9.17, 15) is 14.9 Å². The molecule has 0 aliphatic heterocycles. The molecule has 9 nitrogen and oxygen atoms in total. The molecule has 0 fully saturated rings. The minimum atomic E-state index is -0.663. The van der Waals surface area contributed by atoms with Crippen molar-refractivity contribution < 1.29 is 4.39 Å². The van der Waals surface area contributed by atoms with E-state index < -0.39 is 12.0 Å². The SMILES string of the molecule is C=CCCN(N)/C=C(\N)[C@@H](Nc1cc(C#N)c2ncc(C#N)c(N[C@H](C)C(C)(C)C)c2c1)c1ccc(F)nc1C. The maximum atomic E-state index is 13.9. The largest absolute Gasteiger partial charge is 0.399 e. The lowest BCUT2D eigenvalue weighted by Gasteiger charge is -2.30. The maximum Gasteiger partial charge on any atom is 0.213 e. The molecule has 1 aromatic carbocycles. The van der Waals surface area contributed by atoms with Crippen LogP contribution in [-0.2, 0) is 0 Å². The van der Waals surface area contributed by atoms with Gasteiger partial charge >= 0.3 is 0 Å². The zero-order chi connectivity index (χ0) is 29.6. The number of aromatic nitrogens is 2. The van der Waals surface area contributed by atoms with Crippen molar-refractivity contribution in [2.24, 2.45) is 17.0 Å². The summed E-state index contributed by atoms with van der Waals surface area (Å²) in [5, 5.41) is 28.8. The number of anilines is 2. The van der Waals surface area contributed by atoms with Gasteiger partial charge in [-0.05, 0) is 43.9 Å². The molecule has 0 spiro atoms. The van der Waals surface area contributed by atoms with Crippen molar-refractivity contribution in [1.82, 2.24) is 15.0 Å². The van der Waals surface area contributed by atoms with E-state index in [4.69, 9.17) is 11.6 Å². The third kappa shape index (κ3) is 6.85. The van der Waals surface area contributed by atoms with Crippen LogP contribution in [0.3, 0.4) is 0 Å². The van der Waals surface area contributed by atoms with Crippen molar-refractivity contribution in [3.63, 3.8) is 0 Å². The Morgan fingerprint density at radius 1 is 1.20 bits per heavy atom. The van der Waals surface area contributed by atoms with Gasteiger partial charge in [0.05, 0.1) is 34.1 Å². The minimum Gasteiger partial charge on any atom is -0.399 e. The van der Waals surface area contributed by atoms with Gasteiger partial charge in [-0.1, -0.05) is 32.9 Å². The molecule has 0 saturated carbocycles. The van der Waals surface area contributed by atoms with Crippen LogP contribution < -0.4 is 22.2 Å². The molecule has 3 rings (SSSR count). The van der Waals surface area contributed by atoms with E-state index in [2.05, 4.69) is 60.1 Å². The molecule has 0 amide bonds. The van der Waals surface area contributed by atoms with E-state index in [1.54, 1.807) is 31.3 Å². The van der Waals surface area contributed by atoms with Gasteiger partial charge in [-0.2, -0.15) is 14.9 Å². The minimum absolute atomic E-state index is 0.00211. The molecule has 0 unspecified atom stereocenters. The first kappa shape index (κ1) is 29.9. The number of rotatable bonds is 10. The number of nitriles is 2. The summed E-state index contributed by atoms with van der Waals surface area (Å²) in [6.45, 7) is 14.2. The number of benzene rings is 1. The molecular formula is C30H36FN9. The summed E-state index contributed by atoms with van der Waals surface area (Å²) in [6, 6.07) is 10.1. The summed E-state index contributed by atoms with van der Waals surface area (Å²) in [6.07, 6.45) is 5.48. The van der Waals surface area contributed by atoms with E-state index in [1.807, 2.05) is 13.0 Å². The lowest BCUT2D eigenvalue weighted by Crippen LogP contribution is -2.31. The number of fused-ring (bicyclic) bond motifs is 1. The Bertz CT molecular complexity index is 1510. The fourth-order valence-corrected chi connectivity index (χ4v) is 4.07. The highest BCUT2D eigenvalue weighted by molar-refractivity contribution is 5.99. The lowest BCUT2D eigenvalue weighted by atomic mass is 9.87.